The average Bonchev–Trinajstić information content (AvgIpc) is 2.29. The number of carbonyl (C=O) groups is 1. The van der Waals surface area contributed by atoms with Gasteiger partial charge in [-0.2, -0.15) is 0 Å². The first-order chi connectivity index (χ1) is 8.08. The fourth-order valence-electron chi connectivity index (χ4n) is 1.62. The second-order valence-corrected chi connectivity index (χ2v) is 4.60. The van der Waals surface area contributed by atoms with Crippen molar-refractivity contribution in [3.63, 3.8) is 0 Å². The van der Waals surface area contributed by atoms with E-state index in [4.69, 9.17) is 23.2 Å². The highest BCUT2D eigenvalue weighted by molar-refractivity contribution is 6.34. The monoisotopic (exact) mass is 264 g/mol. The van der Waals surface area contributed by atoms with Gasteiger partial charge in [0.25, 0.3) is 0 Å². The summed E-state index contributed by atoms with van der Waals surface area (Å²) in [5.41, 5.74) is 2.37. The minimum atomic E-state index is 0.0185. The van der Waals surface area contributed by atoms with E-state index in [1.54, 1.807) is 24.3 Å². The Morgan fingerprint density at radius 2 is 1.82 bits per heavy atom. The van der Waals surface area contributed by atoms with Gasteiger partial charge >= 0.3 is 0 Å². The van der Waals surface area contributed by atoms with Crippen LogP contribution >= 0.6 is 23.2 Å². The van der Waals surface area contributed by atoms with Crippen LogP contribution in [0.4, 0.5) is 0 Å². The molecule has 0 amide bonds. The predicted octanol–water partition coefficient (Wildman–Crippen LogP) is 4.86. The zero-order chi connectivity index (χ0) is 12.4. The third-order valence-electron chi connectivity index (χ3n) is 2.51. The Hall–Kier alpha value is -1.31. The molecule has 0 saturated heterocycles. The molecular formula is C14H10Cl2O. The molecule has 0 atom stereocenters. The molecule has 0 fully saturated rings. The molecule has 0 radical (unpaired) electrons. The zero-order valence-electron chi connectivity index (χ0n) is 9.21. The third-order valence-corrected chi connectivity index (χ3v) is 3.07. The van der Waals surface area contributed by atoms with Gasteiger partial charge < -0.3 is 0 Å². The number of hydrogen-bond acceptors (Lipinski definition) is 1. The minimum absolute atomic E-state index is 0.0185. The highest BCUT2D eigenvalue weighted by Gasteiger charge is 2.07. The van der Waals surface area contributed by atoms with Gasteiger partial charge in [0.1, 0.15) is 0 Å². The first-order valence-electron chi connectivity index (χ1n) is 5.14. The van der Waals surface area contributed by atoms with Crippen molar-refractivity contribution in [2.75, 3.05) is 0 Å². The molecule has 2 aromatic rings. The molecule has 2 rings (SSSR count). The van der Waals surface area contributed by atoms with Crippen LogP contribution in [0.1, 0.15) is 17.3 Å². The Morgan fingerprint density at radius 3 is 2.47 bits per heavy atom. The highest BCUT2D eigenvalue weighted by atomic mass is 35.5. The van der Waals surface area contributed by atoms with Gasteiger partial charge in [0.2, 0.25) is 0 Å². The van der Waals surface area contributed by atoms with E-state index in [1.165, 1.54) is 6.92 Å². The van der Waals surface area contributed by atoms with Crippen LogP contribution in [0.2, 0.25) is 10.0 Å². The minimum Gasteiger partial charge on any atom is -0.295 e. The van der Waals surface area contributed by atoms with Gasteiger partial charge in [-0.1, -0.05) is 35.3 Å². The summed E-state index contributed by atoms with van der Waals surface area (Å²) in [6.45, 7) is 1.53. The fraction of sp³-hybridized carbons (Fsp3) is 0.0714. The van der Waals surface area contributed by atoms with Crippen LogP contribution in [0.15, 0.2) is 42.5 Å². The third kappa shape index (κ3) is 2.68. The van der Waals surface area contributed by atoms with Gasteiger partial charge in [-0.3, -0.25) is 4.79 Å². The van der Waals surface area contributed by atoms with Crippen LogP contribution in [0.25, 0.3) is 11.1 Å². The second-order valence-electron chi connectivity index (χ2n) is 3.76. The summed E-state index contributed by atoms with van der Waals surface area (Å²) in [5.74, 6) is 0.0185. The van der Waals surface area contributed by atoms with Gasteiger partial charge in [0.05, 0.1) is 0 Å². The second kappa shape index (κ2) is 4.91. The fourth-order valence-corrected chi connectivity index (χ4v) is 2.04. The SMILES string of the molecule is CC(=O)c1ccc(Cl)c(-c2cccc(Cl)c2)c1. The van der Waals surface area contributed by atoms with Crippen LogP contribution in [0.5, 0.6) is 0 Å². The molecule has 0 bridgehead atoms. The van der Waals surface area contributed by atoms with Crippen LogP contribution in [0.3, 0.4) is 0 Å². The molecule has 1 nitrogen and oxygen atoms in total. The van der Waals surface area contributed by atoms with Gasteiger partial charge in [0.15, 0.2) is 5.78 Å². The van der Waals surface area contributed by atoms with E-state index in [1.807, 2.05) is 18.2 Å². The molecule has 3 heteroatoms. The van der Waals surface area contributed by atoms with E-state index in [2.05, 4.69) is 0 Å². The van der Waals surface area contributed by atoms with Crippen molar-refractivity contribution in [1.82, 2.24) is 0 Å². The van der Waals surface area contributed by atoms with Gasteiger partial charge in [-0.15, -0.1) is 0 Å². The van der Waals surface area contributed by atoms with E-state index in [9.17, 15) is 4.79 Å². The summed E-state index contributed by atoms with van der Waals surface area (Å²) in [6, 6.07) is 12.6. The molecule has 0 spiro atoms. The number of carbonyl (C=O) groups excluding carboxylic acids is 1. The van der Waals surface area contributed by atoms with Crippen molar-refractivity contribution in [1.29, 1.82) is 0 Å². The smallest absolute Gasteiger partial charge is 0.159 e. The number of Topliss-reactive ketones (excluding diaryl/α,β-unsaturated/α-hetero) is 1. The lowest BCUT2D eigenvalue weighted by molar-refractivity contribution is 0.101. The lowest BCUT2D eigenvalue weighted by Gasteiger charge is -2.06. The molecule has 0 aromatic heterocycles. The van der Waals surface area contributed by atoms with Crippen molar-refractivity contribution >= 4 is 29.0 Å². The molecule has 0 heterocycles. The quantitative estimate of drug-likeness (QED) is 0.708. The highest BCUT2D eigenvalue weighted by Crippen LogP contribution is 2.30. The molecule has 0 aliphatic rings. The maximum atomic E-state index is 11.3. The predicted molar refractivity (Wildman–Crippen MR) is 71.9 cm³/mol. The zero-order valence-corrected chi connectivity index (χ0v) is 10.7. The summed E-state index contributed by atoms with van der Waals surface area (Å²) >= 11 is 12.1. The van der Waals surface area contributed by atoms with Crippen LogP contribution in [-0.4, -0.2) is 5.78 Å². The first-order valence-corrected chi connectivity index (χ1v) is 5.90. The molecule has 0 aliphatic carbocycles. The molecular weight excluding hydrogens is 255 g/mol. The molecule has 0 saturated carbocycles. The number of halogens is 2. The Balaban J connectivity index is 2.58. The van der Waals surface area contributed by atoms with Crippen molar-refractivity contribution in [2.24, 2.45) is 0 Å². The summed E-state index contributed by atoms with van der Waals surface area (Å²) in [7, 11) is 0. The Morgan fingerprint density at radius 1 is 1.06 bits per heavy atom. The maximum Gasteiger partial charge on any atom is 0.159 e. The van der Waals surface area contributed by atoms with Gasteiger partial charge in [-0.25, -0.2) is 0 Å². The van der Waals surface area contributed by atoms with Gasteiger partial charge in [-0.05, 0) is 42.8 Å². The van der Waals surface area contributed by atoms with E-state index < -0.39 is 0 Å². The largest absolute Gasteiger partial charge is 0.295 e. The Kier molecular flexibility index (Phi) is 3.51. The lowest BCUT2D eigenvalue weighted by Crippen LogP contribution is -1.92. The molecule has 0 aliphatic heterocycles. The van der Waals surface area contributed by atoms with Crippen molar-refractivity contribution in [3.05, 3.63) is 58.1 Å². The Bertz CT molecular complexity index is 576. The van der Waals surface area contributed by atoms with E-state index in [0.29, 0.717) is 15.6 Å². The molecule has 86 valence electrons. The molecule has 0 N–H and O–H groups in total. The Labute approximate surface area is 110 Å². The summed E-state index contributed by atoms with van der Waals surface area (Å²) in [5, 5.41) is 1.25. The molecule has 2 aromatic carbocycles. The number of benzene rings is 2. The molecule has 0 unspecified atom stereocenters. The standard InChI is InChI=1S/C14H10Cl2O/c1-9(17)10-5-6-14(16)13(8-10)11-3-2-4-12(15)7-11/h2-8H,1H3. The van der Waals surface area contributed by atoms with Crippen molar-refractivity contribution < 1.29 is 4.79 Å². The van der Waals surface area contributed by atoms with Crippen LogP contribution < -0.4 is 0 Å². The van der Waals surface area contributed by atoms with E-state index in [0.717, 1.165) is 11.1 Å². The topological polar surface area (TPSA) is 17.1 Å². The summed E-state index contributed by atoms with van der Waals surface area (Å²) in [4.78, 5) is 11.3. The summed E-state index contributed by atoms with van der Waals surface area (Å²) < 4.78 is 0. The van der Waals surface area contributed by atoms with E-state index in [-0.39, 0.29) is 5.78 Å². The van der Waals surface area contributed by atoms with Crippen LogP contribution in [-0.2, 0) is 0 Å². The van der Waals surface area contributed by atoms with Crippen LogP contribution in [0, 0.1) is 0 Å². The van der Waals surface area contributed by atoms with Crippen molar-refractivity contribution in [2.45, 2.75) is 6.92 Å². The normalized spacial score (nSPS) is 10.3. The average molecular weight is 265 g/mol. The van der Waals surface area contributed by atoms with Gasteiger partial charge in [0, 0.05) is 21.2 Å². The number of rotatable bonds is 2. The summed E-state index contributed by atoms with van der Waals surface area (Å²) in [6.07, 6.45) is 0. The maximum absolute atomic E-state index is 11.3. The van der Waals surface area contributed by atoms with E-state index >= 15 is 0 Å². The number of ketones is 1. The van der Waals surface area contributed by atoms with Crippen molar-refractivity contribution in [3.8, 4) is 11.1 Å². The lowest BCUT2D eigenvalue weighted by atomic mass is 10.0. The number of hydrogen-bond donors (Lipinski definition) is 0. The first kappa shape index (κ1) is 12.2. The molecule has 17 heavy (non-hydrogen) atoms.